The molecule has 19 heavy (non-hydrogen) atoms. The zero-order chi connectivity index (χ0) is 14.4. The van der Waals surface area contributed by atoms with E-state index in [-0.39, 0.29) is 5.92 Å². The Morgan fingerprint density at radius 1 is 1.05 bits per heavy atom. The van der Waals surface area contributed by atoms with Crippen molar-refractivity contribution in [3.8, 4) is 0 Å². The van der Waals surface area contributed by atoms with Crippen molar-refractivity contribution in [3.05, 3.63) is 0 Å². The van der Waals surface area contributed by atoms with Gasteiger partial charge in [0.15, 0.2) is 0 Å². The second-order valence-electron chi connectivity index (χ2n) is 8.55. The minimum Gasteiger partial charge on any atom is -0.299 e. The van der Waals surface area contributed by atoms with Gasteiger partial charge in [-0.15, -0.1) is 0 Å². The fourth-order valence-corrected chi connectivity index (χ4v) is 4.76. The van der Waals surface area contributed by atoms with Crippen LogP contribution in [-0.2, 0) is 4.79 Å². The van der Waals surface area contributed by atoms with E-state index in [1.54, 1.807) is 0 Å². The van der Waals surface area contributed by atoms with Crippen molar-refractivity contribution in [3.63, 3.8) is 0 Å². The molecule has 2 fully saturated rings. The fraction of sp³-hybridized carbons (Fsp3) is 0.941. The lowest BCUT2D eigenvalue weighted by molar-refractivity contribution is -0.130. The van der Waals surface area contributed by atoms with Gasteiger partial charge < -0.3 is 0 Å². The summed E-state index contributed by atoms with van der Waals surface area (Å²) < 4.78 is 0. The highest BCUT2D eigenvalue weighted by molar-refractivity contribution is 5.82. The van der Waals surface area contributed by atoms with Gasteiger partial charge in [-0.05, 0) is 37.0 Å². The van der Waals surface area contributed by atoms with Crippen molar-refractivity contribution >= 4 is 5.78 Å². The van der Waals surface area contributed by atoms with Crippen LogP contribution in [0, 0.1) is 16.7 Å². The summed E-state index contributed by atoms with van der Waals surface area (Å²) in [5.74, 6) is 0.667. The summed E-state index contributed by atoms with van der Waals surface area (Å²) in [4.78, 5) is 14.5. The quantitative estimate of drug-likeness (QED) is 0.717. The van der Waals surface area contributed by atoms with E-state index in [4.69, 9.17) is 0 Å². The summed E-state index contributed by atoms with van der Waals surface area (Å²) in [7, 11) is 0. The monoisotopic (exact) mass is 265 g/mol. The van der Waals surface area contributed by atoms with Gasteiger partial charge in [0.1, 0.15) is 5.78 Å². The highest BCUT2D eigenvalue weighted by atomic mass is 16.1. The molecule has 1 saturated carbocycles. The number of hydrogen-bond acceptors (Lipinski definition) is 2. The van der Waals surface area contributed by atoms with Crippen molar-refractivity contribution in [2.24, 2.45) is 16.7 Å². The van der Waals surface area contributed by atoms with Gasteiger partial charge in [0, 0.05) is 31.0 Å². The molecular formula is C17H31NO. The van der Waals surface area contributed by atoms with Crippen LogP contribution in [0.5, 0.6) is 0 Å². The van der Waals surface area contributed by atoms with Gasteiger partial charge in [0.25, 0.3) is 0 Å². The molecule has 1 aliphatic heterocycles. The molecule has 2 aliphatic rings. The molecule has 0 N–H and O–H groups in total. The summed E-state index contributed by atoms with van der Waals surface area (Å²) in [6.07, 6.45) is 4.62. The van der Waals surface area contributed by atoms with E-state index in [9.17, 15) is 4.79 Å². The Labute approximate surface area is 118 Å². The van der Waals surface area contributed by atoms with Crippen molar-refractivity contribution in [1.82, 2.24) is 4.90 Å². The van der Waals surface area contributed by atoms with E-state index < -0.39 is 0 Å². The molecule has 1 heterocycles. The lowest BCUT2D eigenvalue weighted by Crippen LogP contribution is -2.55. The smallest absolute Gasteiger partial charge is 0.138 e. The van der Waals surface area contributed by atoms with Crippen LogP contribution in [0.25, 0.3) is 0 Å². The third-order valence-electron chi connectivity index (χ3n) is 5.37. The first-order chi connectivity index (χ1) is 8.61. The minimum atomic E-state index is 0.210. The van der Waals surface area contributed by atoms with Gasteiger partial charge in [-0.25, -0.2) is 0 Å². The molecule has 2 unspecified atom stereocenters. The Morgan fingerprint density at radius 2 is 1.58 bits per heavy atom. The summed E-state index contributed by atoms with van der Waals surface area (Å²) in [6.45, 7) is 15.0. The third kappa shape index (κ3) is 3.21. The van der Waals surface area contributed by atoms with E-state index in [1.165, 1.54) is 19.3 Å². The van der Waals surface area contributed by atoms with Gasteiger partial charge in [0.05, 0.1) is 0 Å². The van der Waals surface area contributed by atoms with Gasteiger partial charge in [-0.1, -0.05) is 34.6 Å². The number of hydrogen-bond donors (Lipinski definition) is 0. The Balaban J connectivity index is 2.15. The predicted molar refractivity (Wildman–Crippen MR) is 80.2 cm³/mol. The fourth-order valence-electron chi connectivity index (χ4n) is 4.76. The van der Waals surface area contributed by atoms with Gasteiger partial charge in [-0.2, -0.15) is 0 Å². The van der Waals surface area contributed by atoms with Crippen LogP contribution in [0.1, 0.15) is 67.2 Å². The zero-order valence-electron chi connectivity index (χ0n) is 13.6. The average molecular weight is 265 g/mol. The average Bonchev–Trinajstić information content (AvgIpc) is 2.21. The maximum atomic E-state index is 11.9. The Hall–Kier alpha value is -0.370. The summed E-state index contributed by atoms with van der Waals surface area (Å²) in [6, 6.07) is 1.07. The number of rotatable bonds is 1. The third-order valence-corrected chi connectivity index (χ3v) is 5.37. The summed E-state index contributed by atoms with van der Waals surface area (Å²) in [5.41, 5.74) is 0.855. The number of carbonyl (C=O) groups is 1. The first-order valence-electron chi connectivity index (χ1n) is 7.90. The van der Waals surface area contributed by atoms with Crippen molar-refractivity contribution in [1.29, 1.82) is 0 Å². The highest BCUT2D eigenvalue weighted by Gasteiger charge is 2.43. The number of piperidine rings is 1. The first kappa shape index (κ1) is 15.0. The van der Waals surface area contributed by atoms with Crippen LogP contribution in [-0.4, -0.2) is 29.3 Å². The maximum absolute atomic E-state index is 11.9. The van der Waals surface area contributed by atoms with Gasteiger partial charge in [0.2, 0.25) is 0 Å². The number of nitrogens with zero attached hydrogens (tertiary/aromatic N) is 1. The second kappa shape index (κ2) is 4.87. The Kier molecular flexibility index (Phi) is 3.85. The second-order valence-corrected chi connectivity index (χ2v) is 8.55. The van der Waals surface area contributed by atoms with E-state index in [2.05, 4.69) is 46.4 Å². The number of carbonyl (C=O) groups excluding carboxylic acids is 1. The normalized spacial score (nSPS) is 36.4. The molecule has 110 valence electrons. The predicted octanol–water partition coefficient (Wildman–Crippen LogP) is 3.89. The van der Waals surface area contributed by atoms with Gasteiger partial charge >= 0.3 is 0 Å². The molecule has 0 spiro atoms. The molecule has 2 atom stereocenters. The SMILES string of the molecule is CC1C(=O)CCN(C2CC(C)(C)CC(C)(C)C2)C1C. The molecule has 1 saturated heterocycles. The Bertz CT molecular complexity index is 342. The van der Waals surface area contributed by atoms with E-state index in [0.29, 0.717) is 28.7 Å². The van der Waals surface area contributed by atoms with Crippen LogP contribution in [0.15, 0.2) is 0 Å². The van der Waals surface area contributed by atoms with Gasteiger partial charge in [-0.3, -0.25) is 9.69 Å². The molecule has 1 aliphatic carbocycles. The van der Waals surface area contributed by atoms with Crippen LogP contribution in [0.2, 0.25) is 0 Å². The number of ketones is 1. The molecule has 0 amide bonds. The lowest BCUT2D eigenvalue weighted by atomic mass is 9.63. The molecule has 2 rings (SSSR count). The molecule has 2 heteroatoms. The largest absolute Gasteiger partial charge is 0.299 e. The van der Waals surface area contributed by atoms with E-state index >= 15 is 0 Å². The standard InChI is InChI=1S/C17H31NO/c1-12-13(2)18(8-7-15(12)19)14-9-16(3,4)11-17(5,6)10-14/h12-14H,7-11H2,1-6H3. The van der Waals surface area contributed by atoms with Crippen LogP contribution in [0.3, 0.4) is 0 Å². The topological polar surface area (TPSA) is 20.3 Å². The first-order valence-corrected chi connectivity index (χ1v) is 7.90. The highest BCUT2D eigenvalue weighted by Crippen LogP contribution is 2.48. The number of likely N-dealkylation sites (tertiary alicyclic amines) is 1. The van der Waals surface area contributed by atoms with Crippen LogP contribution < -0.4 is 0 Å². The molecule has 0 radical (unpaired) electrons. The van der Waals surface area contributed by atoms with Crippen molar-refractivity contribution in [2.45, 2.75) is 79.3 Å². The molecule has 0 aromatic carbocycles. The summed E-state index contributed by atoms with van der Waals surface area (Å²) in [5, 5.41) is 0. The van der Waals surface area contributed by atoms with Crippen LogP contribution >= 0.6 is 0 Å². The molecule has 2 nitrogen and oxygen atoms in total. The van der Waals surface area contributed by atoms with E-state index in [0.717, 1.165) is 13.0 Å². The number of Topliss-reactive ketones (excluding diaryl/α,β-unsaturated/α-hetero) is 1. The maximum Gasteiger partial charge on any atom is 0.138 e. The lowest BCUT2D eigenvalue weighted by Gasteiger charge is -2.51. The molecule has 0 aromatic heterocycles. The van der Waals surface area contributed by atoms with Crippen LogP contribution in [0.4, 0.5) is 0 Å². The molecule has 0 bridgehead atoms. The molecule has 0 aromatic rings. The van der Waals surface area contributed by atoms with Crippen molar-refractivity contribution < 1.29 is 4.79 Å². The van der Waals surface area contributed by atoms with E-state index in [1.807, 2.05) is 0 Å². The Morgan fingerprint density at radius 3 is 2.11 bits per heavy atom. The minimum absolute atomic E-state index is 0.210. The zero-order valence-corrected chi connectivity index (χ0v) is 13.6. The van der Waals surface area contributed by atoms with Crippen molar-refractivity contribution in [2.75, 3.05) is 6.54 Å². The summed E-state index contributed by atoms with van der Waals surface area (Å²) >= 11 is 0. The molecular weight excluding hydrogens is 234 g/mol.